The normalized spacial score (nSPS) is 10.4. The van der Waals surface area contributed by atoms with Gasteiger partial charge in [0.2, 0.25) is 0 Å². The number of halogens is 2. The number of rotatable bonds is 4. The summed E-state index contributed by atoms with van der Waals surface area (Å²) in [6, 6.07) is 10.6. The minimum Gasteiger partial charge on any atom is -0.453 e. The van der Waals surface area contributed by atoms with E-state index in [0.29, 0.717) is 11.4 Å². The number of nitrogens with zero attached hydrogens (tertiary/aromatic N) is 1. The Morgan fingerprint density at radius 2 is 1.82 bits per heavy atom. The first-order valence-corrected chi connectivity index (χ1v) is 8.45. The zero-order chi connectivity index (χ0) is 20.3. The van der Waals surface area contributed by atoms with Gasteiger partial charge >= 0.3 is 6.09 Å². The Balaban J connectivity index is 1.92. The van der Waals surface area contributed by atoms with E-state index < -0.39 is 17.8 Å². The van der Waals surface area contributed by atoms with Gasteiger partial charge in [-0.05, 0) is 37.3 Å². The molecule has 0 aliphatic rings. The fourth-order valence-electron chi connectivity index (χ4n) is 2.57. The monoisotopic (exact) mass is 403 g/mol. The molecule has 0 bridgehead atoms. The van der Waals surface area contributed by atoms with E-state index in [9.17, 15) is 14.0 Å². The quantitative estimate of drug-likeness (QED) is 0.648. The smallest absolute Gasteiger partial charge is 0.411 e. The van der Waals surface area contributed by atoms with Crippen LogP contribution in [0.25, 0.3) is 11.3 Å². The standard InChI is InChI=1S/C19H15ClFN3O4/c1-10-15(17(24-28-10)16-13(20)7-4-8-14(16)21)18(25)22-11-5-3-6-12(9-11)23-19(26)27-2/h3-9H,1-2H3,(H,22,25)(H,23,26). The number of ether oxygens (including phenoxy) is 1. The zero-order valence-corrected chi connectivity index (χ0v) is 15.6. The molecule has 28 heavy (non-hydrogen) atoms. The topological polar surface area (TPSA) is 93.5 Å². The number of carbonyl (C=O) groups is 2. The van der Waals surface area contributed by atoms with Gasteiger partial charge in [0.05, 0.1) is 17.7 Å². The van der Waals surface area contributed by atoms with E-state index in [1.54, 1.807) is 18.2 Å². The Bertz CT molecular complexity index is 1030. The highest BCUT2D eigenvalue weighted by Crippen LogP contribution is 2.33. The highest BCUT2D eigenvalue weighted by Gasteiger charge is 2.25. The Kier molecular flexibility index (Phi) is 5.60. The minimum atomic E-state index is -0.644. The summed E-state index contributed by atoms with van der Waals surface area (Å²) in [5.41, 5.74) is 0.849. The molecule has 1 heterocycles. The summed E-state index contributed by atoms with van der Waals surface area (Å²) >= 11 is 6.09. The number of hydrogen-bond acceptors (Lipinski definition) is 5. The van der Waals surface area contributed by atoms with Crippen molar-refractivity contribution >= 4 is 35.0 Å². The molecular weight excluding hydrogens is 389 g/mol. The third-order valence-corrected chi connectivity index (χ3v) is 4.16. The molecule has 0 saturated heterocycles. The van der Waals surface area contributed by atoms with Crippen LogP contribution in [0.4, 0.5) is 20.6 Å². The van der Waals surface area contributed by atoms with Crippen LogP contribution >= 0.6 is 11.6 Å². The lowest BCUT2D eigenvalue weighted by Crippen LogP contribution is -2.15. The maximum Gasteiger partial charge on any atom is 0.411 e. The highest BCUT2D eigenvalue weighted by atomic mass is 35.5. The van der Waals surface area contributed by atoms with Crippen molar-refractivity contribution in [3.8, 4) is 11.3 Å². The third kappa shape index (κ3) is 3.96. The molecular formula is C19H15ClFN3O4. The SMILES string of the molecule is COC(=O)Nc1cccc(NC(=O)c2c(-c3c(F)cccc3Cl)noc2C)c1. The summed E-state index contributed by atoms with van der Waals surface area (Å²) in [5, 5.41) is 9.07. The Morgan fingerprint density at radius 3 is 2.50 bits per heavy atom. The summed E-state index contributed by atoms with van der Waals surface area (Å²) in [7, 11) is 1.24. The number of benzene rings is 2. The van der Waals surface area contributed by atoms with Crippen molar-refractivity contribution in [1.29, 1.82) is 0 Å². The maximum atomic E-state index is 14.3. The molecule has 0 unspecified atom stereocenters. The molecule has 3 rings (SSSR count). The highest BCUT2D eigenvalue weighted by molar-refractivity contribution is 6.33. The van der Waals surface area contributed by atoms with E-state index in [-0.39, 0.29) is 27.6 Å². The van der Waals surface area contributed by atoms with Crippen LogP contribution in [0.15, 0.2) is 47.0 Å². The van der Waals surface area contributed by atoms with Crippen LogP contribution < -0.4 is 10.6 Å². The molecule has 2 amide bonds. The summed E-state index contributed by atoms with van der Waals surface area (Å²) in [5.74, 6) is -0.988. The van der Waals surface area contributed by atoms with Crippen molar-refractivity contribution in [3.05, 3.63) is 64.6 Å². The van der Waals surface area contributed by atoms with E-state index in [0.717, 1.165) is 0 Å². The van der Waals surface area contributed by atoms with Gasteiger partial charge in [-0.2, -0.15) is 0 Å². The first-order chi connectivity index (χ1) is 13.4. The number of carbonyl (C=O) groups excluding carboxylic acids is 2. The van der Waals surface area contributed by atoms with E-state index in [4.69, 9.17) is 16.1 Å². The number of anilines is 2. The van der Waals surface area contributed by atoms with Crippen molar-refractivity contribution in [2.75, 3.05) is 17.7 Å². The molecule has 0 fully saturated rings. The van der Waals surface area contributed by atoms with Gasteiger partial charge in [0.25, 0.3) is 5.91 Å². The van der Waals surface area contributed by atoms with E-state index >= 15 is 0 Å². The number of hydrogen-bond donors (Lipinski definition) is 2. The van der Waals surface area contributed by atoms with Gasteiger partial charge in [0.15, 0.2) is 0 Å². The molecule has 0 atom stereocenters. The van der Waals surface area contributed by atoms with Crippen LogP contribution in [0.3, 0.4) is 0 Å². The average Bonchev–Trinajstić information content (AvgIpc) is 3.03. The molecule has 0 radical (unpaired) electrons. The summed E-state index contributed by atoms with van der Waals surface area (Å²) < 4.78 is 23.9. The molecule has 2 N–H and O–H groups in total. The van der Waals surface area contributed by atoms with E-state index in [1.165, 1.54) is 38.3 Å². The molecule has 0 aliphatic heterocycles. The van der Waals surface area contributed by atoms with Crippen molar-refractivity contribution in [3.63, 3.8) is 0 Å². The van der Waals surface area contributed by atoms with Crippen LogP contribution in [0.2, 0.25) is 5.02 Å². The number of methoxy groups -OCH3 is 1. The molecule has 144 valence electrons. The molecule has 0 aliphatic carbocycles. The second-order valence-electron chi connectivity index (χ2n) is 5.71. The fourth-order valence-corrected chi connectivity index (χ4v) is 2.82. The lowest BCUT2D eigenvalue weighted by molar-refractivity contribution is 0.102. The van der Waals surface area contributed by atoms with Gasteiger partial charge in [0, 0.05) is 11.4 Å². The van der Waals surface area contributed by atoms with Gasteiger partial charge < -0.3 is 14.6 Å². The summed E-state index contributed by atoms with van der Waals surface area (Å²) in [6.07, 6.45) is -0.644. The maximum absolute atomic E-state index is 14.3. The van der Waals surface area contributed by atoms with Crippen LogP contribution in [-0.4, -0.2) is 24.3 Å². The Hall–Kier alpha value is -3.39. The molecule has 1 aromatic heterocycles. The first-order valence-electron chi connectivity index (χ1n) is 8.07. The van der Waals surface area contributed by atoms with E-state index in [1.807, 2.05) is 0 Å². The van der Waals surface area contributed by atoms with Crippen molar-refractivity contribution in [1.82, 2.24) is 5.16 Å². The van der Waals surface area contributed by atoms with Gasteiger partial charge in [-0.3, -0.25) is 10.1 Å². The van der Waals surface area contributed by atoms with Crippen LogP contribution in [0, 0.1) is 12.7 Å². The lowest BCUT2D eigenvalue weighted by atomic mass is 10.0. The van der Waals surface area contributed by atoms with Gasteiger partial charge in [-0.15, -0.1) is 0 Å². The number of aromatic nitrogens is 1. The fraction of sp³-hybridized carbons (Fsp3) is 0.105. The predicted octanol–water partition coefficient (Wildman–Crippen LogP) is 4.87. The molecule has 0 spiro atoms. The van der Waals surface area contributed by atoms with Crippen LogP contribution in [0.5, 0.6) is 0 Å². The van der Waals surface area contributed by atoms with Crippen LogP contribution in [-0.2, 0) is 4.74 Å². The van der Waals surface area contributed by atoms with Crippen molar-refractivity contribution in [2.45, 2.75) is 6.92 Å². The molecule has 9 heteroatoms. The minimum absolute atomic E-state index is 0.00180. The van der Waals surface area contributed by atoms with Crippen molar-refractivity contribution in [2.24, 2.45) is 0 Å². The number of amides is 2. The molecule has 7 nitrogen and oxygen atoms in total. The third-order valence-electron chi connectivity index (χ3n) is 3.84. The second-order valence-corrected chi connectivity index (χ2v) is 6.12. The summed E-state index contributed by atoms with van der Waals surface area (Å²) in [6.45, 7) is 1.54. The number of nitrogens with one attached hydrogen (secondary N) is 2. The Labute approximate surface area is 164 Å². The largest absolute Gasteiger partial charge is 0.453 e. The molecule has 0 saturated carbocycles. The van der Waals surface area contributed by atoms with Crippen molar-refractivity contribution < 1.29 is 23.2 Å². The summed E-state index contributed by atoms with van der Waals surface area (Å²) in [4.78, 5) is 24.1. The van der Waals surface area contributed by atoms with Crippen LogP contribution in [0.1, 0.15) is 16.1 Å². The lowest BCUT2D eigenvalue weighted by Gasteiger charge is -2.09. The van der Waals surface area contributed by atoms with Gasteiger partial charge in [-0.1, -0.05) is 28.9 Å². The second kappa shape index (κ2) is 8.10. The zero-order valence-electron chi connectivity index (χ0n) is 14.9. The van der Waals surface area contributed by atoms with Gasteiger partial charge in [-0.25, -0.2) is 9.18 Å². The number of aryl methyl sites for hydroxylation is 1. The Morgan fingerprint density at radius 1 is 1.14 bits per heavy atom. The van der Waals surface area contributed by atoms with Gasteiger partial charge in [0.1, 0.15) is 22.8 Å². The first kappa shape index (κ1) is 19.4. The predicted molar refractivity (Wildman–Crippen MR) is 102 cm³/mol. The molecule has 2 aromatic carbocycles. The molecule has 3 aromatic rings. The average molecular weight is 404 g/mol. The van der Waals surface area contributed by atoms with E-state index in [2.05, 4.69) is 20.5 Å².